The van der Waals surface area contributed by atoms with Crippen LogP contribution in [0.4, 0.5) is 14.5 Å². The van der Waals surface area contributed by atoms with Gasteiger partial charge in [0.25, 0.3) is 0 Å². The summed E-state index contributed by atoms with van der Waals surface area (Å²) in [5.74, 6) is 0.577. The summed E-state index contributed by atoms with van der Waals surface area (Å²) in [5.41, 5.74) is 6.68. The van der Waals surface area contributed by atoms with Crippen LogP contribution in [0.25, 0.3) is 0 Å². The predicted octanol–water partition coefficient (Wildman–Crippen LogP) is 2.46. The summed E-state index contributed by atoms with van der Waals surface area (Å²) < 4.78 is 29.2. The number of anilines is 1. The van der Waals surface area contributed by atoms with E-state index in [1.165, 1.54) is 0 Å². The van der Waals surface area contributed by atoms with E-state index in [0.29, 0.717) is 5.92 Å². The van der Waals surface area contributed by atoms with Crippen molar-refractivity contribution in [3.8, 4) is 5.75 Å². The number of ether oxygens (including phenoxy) is 1. The molecule has 0 amide bonds. The van der Waals surface area contributed by atoms with Crippen molar-refractivity contribution in [3.05, 3.63) is 24.3 Å². The Morgan fingerprint density at radius 1 is 1.39 bits per heavy atom. The van der Waals surface area contributed by atoms with E-state index in [2.05, 4.69) is 16.6 Å². The molecule has 2 N–H and O–H groups in total. The highest BCUT2D eigenvalue weighted by Gasteiger charge is 2.25. The van der Waals surface area contributed by atoms with Gasteiger partial charge < -0.3 is 15.4 Å². The van der Waals surface area contributed by atoms with Gasteiger partial charge in [-0.05, 0) is 24.5 Å². The molecule has 2 rings (SSSR count). The van der Waals surface area contributed by atoms with Crippen molar-refractivity contribution in [2.24, 2.45) is 11.7 Å². The van der Waals surface area contributed by atoms with Crippen LogP contribution in [-0.2, 0) is 0 Å². The third-order valence-electron chi connectivity index (χ3n) is 3.39. The molecule has 5 heteroatoms. The second kappa shape index (κ2) is 5.52. The SMILES string of the molecule is CC1CN(c2ccccc2OC(F)F)CCC1N. The van der Waals surface area contributed by atoms with Crippen LogP contribution >= 0.6 is 0 Å². The quantitative estimate of drug-likeness (QED) is 0.902. The summed E-state index contributed by atoms with van der Waals surface area (Å²) in [6.45, 7) is 0.823. The fourth-order valence-electron chi connectivity index (χ4n) is 2.30. The Kier molecular flexibility index (Phi) is 4.01. The van der Waals surface area contributed by atoms with Crippen molar-refractivity contribution >= 4 is 5.69 Å². The van der Waals surface area contributed by atoms with Crippen LogP contribution in [0.15, 0.2) is 24.3 Å². The van der Waals surface area contributed by atoms with Gasteiger partial charge in [-0.15, -0.1) is 0 Å². The van der Waals surface area contributed by atoms with E-state index in [-0.39, 0.29) is 11.8 Å². The molecule has 1 fully saturated rings. The third kappa shape index (κ3) is 2.90. The van der Waals surface area contributed by atoms with Gasteiger partial charge in [0.2, 0.25) is 0 Å². The first kappa shape index (κ1) is 13.1. The number of nitrogens with two attached hydrogens (primary N) is 1. The Labute approximate surface area is 106 Å². The maximum absolute atomic E-state index is 12.3. The van der Waals surface area contributed by atoms with Crippen LogP contribution in [-0.4, -0.2) is 25.7 Å². The molecule has 0 spiro atoms. The Bertz CT molecular complexity index is 400. The Balaban J connectivity index is 2.17. The zero-order valence-electron chi connectivity index (χ0n) is 10.4. The number of benzene rings is 1. The smallest absolute Gasteiger partial charge is 0.387 e. The molecule has 2 unspecified atom stereocenters. The topological polar surface area (TPSA) is 38.5 Å². The van der Waals surface area contributed by atoms with E-state index >= 15 is 0 Å². The Morgan fingerprint density at radius 2 is 2.11 bits per heavy atom. The van der Waals surface area contributed by atoms with E-state index < -0.39 is 6.61 Å². The second-order valence-electron chi connectivity index (χ2n) is 4.72. The first-order valence-electron chi connectivity index (χ1n) is 6.12. The molecule has 0 aromatic heterocycles. The van der Waals surface area contributed by atoms with Gasteiger partial charge in [-0.2, -0.15) is 8.78 Å². The van der Waals surface area contributed by atoms with Gasteiger partial charge in [0.1, 0.15) is 5.75 Å². The van der Waals surface area contributed by atoms with Gasteiger partial charge in [0, 0.05) is 19.1 Å². The first-order valence-corrected chi connectivity index (χ1v) is 6.12. The van der Waals surface area contributed by atoms with Crippen molar-refractivity contribution in [1.29, 1.82) is 0 Å². The van der Waals surface area contributed by atoms with Crippen LogP contribution < -0.4 is 15.4 Å². The fraction of sp³-hybridized carbons (Fsp3) is 0.538. The molecule has 1 saturated heterocycles. The molecule has 100 valence electrons. The summed E-state index contributed by atoms with van der Waals surface area (Å²) in [5, 5.41) is 0. The van der Waals surface area contributed by atoms with Crippen LogP contribution in [0.5, 0.6) is 5.75 Å². The molecule has 1 aliphatic heterocycles. The third-order valence-corrected chi connectivity index (χ3v) is 3.39. The molecule has 1 aliphatic rings. The molecule has 3 nitrogen and oxygen atoms in total. The van der Waals surface area contributed by atoms with E-state index in [9.17, 15) is 8.78 Å². The van der Waals surface area contributed by atoms with E-state index in [1.54, 1.807) is 18.2 Å². The number of piperidine rings is 1. The average Bonchev–Trinajstić information content (AvgIpc) is 2.33. The lowest BCUT2D eigenvalue weighted by atomic mass is 9.94. The van der Waals surface area contributed by atoms with E-state index in [0.717, 1.165) is 25.2 Å². The highest BCUT2D eigenvalue weighted by molar-refractivity contribution is 5.58. The normalized spacial score (nSPS) is 24.4. The van der Waals surface area contributed by atoms with Crippen molar-refractivity contribution < 1.29 is 13.5 Å². The van der Waals surface area contributed by atoms with E-state index in [1.807, 2.05) is 6.07 Å². The summed E-state index contributed by atoms with van der Waals surface area (Å²) in [7, 11) is 0. The number of alkyl halides is 2. The average molecular weight is 256 g/mol. The summed E-state index contributed by atoms with van der Waals surface area (Å²) in [6, 6.07) is 7.08. The predicted molar refractivity (Wildman–Crippen MR) is 67.0 cm³/mol. The lowest BCUT2D eigenvalue weighted by Gasteiger charge is -2.37. The van der Waals surface area contributed by atoms with Gasteiger partial charge >= 0.3 is 6.61 Å². The molecule has 2 atom stereocenters. The van der Waals surface area contributed by atoms with Gasteiger partial charge in [0.05, 0.1) is 5.69 Å². The maximum Gasteiger partial charge on any atom is 0.387 e. The van der Waals surface area contributed by atoms with Crippen molar-refractivity contribution in [2.45, 2.75) is 26.0 Å². The highest BCUT2D eigenvalue weighted by atomic mass is 19.3. The largest absolute Gasteiger partial charge is 0.433 e. The fourth-order valence-corrected chi connectivity index (χ4v) is 2.30. The second-order valence-corrected chi connectivity index (χ2v) is 4.72. The van der Waals surface area contributed by atoms with Gasteiger partial charge in [-0.3, -0.25) is 0 Å². The minimum atomic E-state index is -2.80. The van der Waals surface area contributed by atoms with E-state index in [4.69, 9.17) is 5.73 Å². The number of nitrogens with zero attached hydrogens (tertiary/aromatic N) is 1. The summed E-state index contributed by atoms with van der Waals surface area (Å²) in [4.78, 5) is 2.06. The molecular weight excluding hydrogens is 238 g/mol. The Hall–Kier alpha value is -1.36. The van der Waals surface area contributed by atoms with Gasteiger partial charge in [-0.1, -0.05) is 19.1 Å². The lowest BCUT2D eigenvalue weighted by molar-refractivity contribution is -0.0495. The number of halogens is 2. The molecule has 1 aromatic carbocycles. The van der Waals surface area contributed by atoms with Crippen molar-refractivity contribution in [3.63, 3.8) is 0 Å². The molecule has 0 radical (unpaired) electrons. The van der Waals surface area contributed by atoms with Gasteiger partial charge in [-0.25, -0.2) is 0 Å². The molecular formula is C13H18F2N2O. The van der Waals surface area contributed by atoms with Crippen LogP contribution in [0.2, 0.25) is 0 Å². The zero-order chi connectivity index (χ0) is 13.1. The number of rotatable bonds is 3. The molecule has 0 bridgehead atoms. The van der Waals surface area contributed by atoms with Crippen molar-refractivity contribution in [2.75, 3.05) is 18.0 Å². The maximum atomic E-state index is 12.3. The highest BCUT2D eigenvalue weighted by Crippen LogP contribution is 2.32. The zero-order valence-corrected chi connectivity index (χ0v) is 10.4. The standard InChI is InChI=1S/C13H18F2N2O/c1-9-8-17(7-6-10(9)16)11-4-2-3-5-12(11)18-13(14)15/h2-5,9-10,13H,6-8,16H2,1H3. The lowest BCUT2D eigenvalue weighted by Crippen LogP contribution is -2.46. The molecule has 1 heterocycles. The summed E-state index contributed by atoms with van der Waals surface area (Å²) in [6.07, 6.45) is 0.865. The monoisotopic (exact) mass is 256 g/mol. The van der Waals surface area contributed by atoms with Crippen LogP contribution in [0.3, 0.4) is 0 Å². The molecule has 0 saturated carbocycles. The first-order chi connectivity index (χ1) is 8.58. The number of hydrogen-bond acceptors (Lipinski definition) is 3. The van der Waals surface area contributed by atoms with Crippen molar-refractivity contribution in [1.82, 2.24) is 0 Å². The minimum absolute atomic E-state index is 0.185. The number of hydrogen-bond donors (Lipinski definition) is 1. The number of para-hydroxylation sites is 2. The van der Waals surface area contributed by atoms with Crippen LogP contribution in [0, 0.1) is 5.92 Å². The molecule has 0 aliphatic carbocycles. The summed E-state index contributed by atoms with van der Waals surface area (Å²) >= 11 is 0. The Morgan fingerprint density at radius 3 is 2.78 bits per heavy atom. The van der Waals surface area contributed by atoms with Crippen LogP contribution in [0.1, 0.15) is 13.3 Å². The minimum Gasteiger partial charge on any atom is -0.433 e. The van der Waals surface area contributed by atoms with Gasteiger partial charge in [0.15, 0.2) is 0 Å². The molecule has 1 aromatic rings. The molecule has 18 heavy (non-hydrogen) atoms.